The summed E-state index contributed by atoms with van der Waals surface area (Å²) < 4.78 is 13.4. The van der Waals surface area contributed by atoms with Gasteiger partial charge in [0, 0.05) is 29.2 Å². The smallest absolute Gasteiger partial charge is 0.255 e. The maximum Gasteiger partial charge on any atom is 0.255 e. The molecular formula is C20H17FN2O3S. The number of halogens is 1. The molecule has 0 aliphatic carbocycles. The van der Waals surface area contributed by atoms with Gasteiger partial charge in [-0.3, -0.25) is 19.7 Å². The second kappa shape index (κ2) is 7.15. The van der Waals surface area contributed by atoms with Crippen molar-refractivity contribution in [3.63, 3.8) is 0 Å². The summed E-state index contributed by atoms with van der Waals surface area (Å²) in [7, 11) is 0. The number of benzene rings is 2. The van der Waals surface area contributed by atoms with Crippen molar-refractivity contribution in [1.29, 1.82) is 0 Å². The molecule has 4 rings (SSSR count). The van der Waals surface area contributed by atoms with E-state index >= 15 is 0 Å². The molecule has 0 bridgehead atoms. The molecule has 3 amide bonds. The van der Waals surface area contributed by atoms with E-state index in [2.05, 4.69) is 5.32 Å². The number of rotatable bonds is 4. The molecule has 0 radical (unpaired) electrons. The number of hydrogen-bond donors (Lipinski definition) is 1. The molecule has 138 valence electrons. The van der Waals surface area contributed by atoms with Gasteiger partial charge in [-0.1, -0.05) is 18.2 Å². The van der Waals surface area contributed by atoms with Crippen LogP contribution in [0.15, 0.2) is 47.4 Å². The van der Waals surface area contributed by atoms with Crippen LogP contribution in [0.4, 0.5) is 4.39 Å². The molecule has 0 spiro atoms. The average Bonchev–Trinajstić information content (AvgIpc) is 2.97. The van der Waals surface area contributed by atoms with Crippen LogP contribution in [0.25, 0.3) is 0 Å². The topological polar surface area (TPSA) is 66.5 Å². The Bertz CT molecular complexity index is 947. The van der Waals surface area contributed by atoms with E-state index in [1.165, 1.54) is 23.9 Å². The molecule has 2 aromatic rings. The predicted octanol–water partition coefficient (Wildman–Crippen LogP) is 2.88. The molecule has 1 saturated heterocycles. The Morgan fingerprint density at radius 2 is 1.96 bits per heavy atom. The zero-order chi connectivity index (χ0) is 19.0. The van der Waals surface area contributed by atoms with Crippen LogP contribution in [0.1, 0.15) is 34.3 Å². The summed E-state index contributed by atoms with van der Waals surface area (Å²) in [5.41, 5.74) is 2.33. The number of amides is 3. The van der Waals surface area contributed by atoms with E-state index in [-0.39, 0.29) is 24.1 Å². The van der Waals surface area contributed by atoms with Gasteiger partial charge in [-0.05, 0) is 41.8 Å². The maximum absolute atomic E-state index is 13.4. The fourth-order valence-electron chi connectivity index (χ4n) is 3.48. The van der Waals surface area contributed by atoms with Gasteiger partial charge in [0.15, 0.2) is 0 Å². The molecule has 2 aliphatic heterocycles. The number of carbonyl (C=O) groups excluding carboxylic acids is 3. The molecular weight excluding hydrogens is 367 g/mol. The van der Waals surface area contributed by atoms with Gasteiger partial charge in [0.05, 0.1) is 0 Å². The molecule has 1 fully saturated rings. The first kappa shape index (κ1) is 17.7. The van der Waals surface area contributed by atoms with Gasteiger partial charge in [-0.25, -0.2) is 4.39 Å². The number of nitrogens with one attached hydrogen (secondary N) is 1. The Labute approximate surface area is 159 Å². The highest BCUT2D eigenvalue weighted by atomic mass is 32.2. The van der Waals surface area contributed by atoms with Crippen LogP contribution in [0.5, 0.6) is 0 Å². The minimum absolute atomic E-state index is 0.187. The number of piperidine rings is 1. The first-order valence-electron chi connectivity index (χ1n) is 8.67. The van der Waals surface area contributed by atoms with Crippen LogP contribution in [0, 0.1) is 5.82 Å². The standard InChI is InChI=1S/C20H17FN2O3S/c21-13-4-1-3-12(9-13)11-27-17-6-2-5-14-15(17)10-23(20(14)26)16-7-8-18(24)22-19(16)25/h1-6,9,16H,7-8,10-11H2,(H,22,24,25). The molecule has 27 heavy (non-hydrogen) atoms. The monoisotopic (exact) mass is 384 g/mol. The van der Waals surface area contributed by atoms with Crippen molar-refractivity contribution in [3.05, 3.63) is 65.0 Å². The largest absolute Gasteiger partial charge is 0.322 e. The lowest BCUT2D eigenvalue weighted by atomic mass is 10.0. The highest BCUT2D eigenvalue weighted by Gasteiger charge is 2.39. The van der Waals surface area contributed by atoms with E-state index in [0.29, 0.717) is 24.3 Å². The number of thioether (sulfide) groups is 1. The summed E-state index contributed by atoms with van der Waals surface area (Å²) in [6.07, 6.45) is 0.577. The van der Waals surface area contributed by atoms with E-state index < -0.39 is 11.9 Å². The van der Waals surface area contributed by atoms with Gasteiger partial charge in [-0.15, -0.1) is 11.8 Å². The van der Waals surface area contributed by atoms with E-state index in [9.17, 15) is 18.8 Å². The Kier molecular flexibility index (Phi) is 4.70. The van der Waals surface area contributed by atoms with Crippen molar-refractivity contribution in [2.24, 2.45) is 0 Å². The zero-order valence-corrected chi connectivity index (χ0v) is 15.2. The quantitative estimate of drug-likeness (QED) is 0.650. The van der Waals surface area contributed by atoms with Crippen LogP contribution < -0.4 is 5.32 Å². The van der Waals surface area contributed by atoms with Gasteiger partial charge in [0.25, 0.3) is 5.91 Å². The number of imide groups is 1. The first-order valence-corrected chi connectivity index (χ1v) is 9.65. The minimum Gasteiger partial charge on any atom is -0.322 e. The Hall–Kier alpha value is -2.67. The lowest BCUT2D eigenvalue weighted by Crippen LogP contribution is -2.52. The number of hydrogen-bond acceptors (Lipinski definition) is 4. The second-order valence-electron chi connectivity index (χ2n) is 6.60. The molecule has 1 N–H and O–H groups in total. The summed E-state index contributed by atoms with van der Waals surface area (Å²) in [5, 5.41) is 2.31. The van der Waals surface area contributed by atoms with Crippen molar-refractivity contribution >= 4 is 29.5 Å². The van der Waals surface area contributed by atoms with Crippen molar-refractivity contribution in [2.75, 3.05) is 0 Å². The van der Waals surface area contributed by atoms with Gasteiger partial charge < -0.3 is 4.90 Å². The van der Waals surface area contributed by atoms with Crippen LogP contribution >= 0.6 is 11.8 Å². The lowest BCUT2D eigenvalue weighted by Gasteiger charge is -2.29. The molecule has 1 unspecified atom stereocenters. The molecule has 2 aromatic carbocycles. The third-order valence-corrected chi connectivity index (χ3v) is 5.99. The van der Waals surface area contributed by atoms with E-state index in [4.69, 9.17) is 0 Å². The van der Waals surface area contributed by atoms with Crippen LogP contribution in [0.3, 0.4) is 0 Å². The SMILES string of the molecule is O=C1CCC(N2Cc3c(SCc4cccc(F)c4)cccc3C2=O)C(=O)N1. The van der Waals surface area contributed by atoms with Crippen LogP contribution in [-0.2, 0) is 21.9 Å². The van der Waals surface area contributed by atoms with E-state index in [0.717, 1.165) is 16.0 Å². The van der Waals surface area contributed by atoms with Gasteiger partial charge in [0.2, 0.25) is 11.8 Å². The molecule has 0 aromatic heterocycles. The molecule has 2 heterocycles. The summed E-state index contributed by atoms with van der Waals surface area (Å²) in [6, 6.07) is 11.3. The Morgan fingerprint density at radius 3 is 2.74 bits per heavy atom. The van der Waals surface area contributed by atoms with Crippen molar-refractivity contribution < 1.29 is 18.8 Å². The highest BCUT2D eigenvalue weighted by Crippen LogP contribution is 2.35. The van der Waals surface area contributed by atoms with Crippen molar-refractivity contribution in [3.8, 4) is 0 Å². The fraction of sp³-hybridized carbons (Fsp3) is 0.250. The van der Waals surface area contributed by atoms with Gasteiger partial charge in [-0.2, -0.15) is 0 Å². The van der Waals surface area contributed by atoms with Crippen molar-refractivity contribution in [2.45, 2.75) is 36.1 Å². The minimum atomic E-state index is -0.622. The lowest BCUT2D eigenvalue weighted by molar-refractivity contribution is -0.136. The van der Waals surface area contributed by atoms with Crippen molar-refractivity contribution in [1.82, 2.24) is 10.2 Å². The third-order valence-electron chi connectivity index (χ3n) is 4.82. The number of carbonyl (C=O) groups is 3. The van der Waals surface area contributed by atoms with Gasteiger partial charge in [0.1, 0.15) is 11.9 Å². The number of fused-ring (bicyclic) bond motifs is 1. The predicted molar refractivity (Wildman–Crippen MR) is 98.4 cm³/mol. The van der Waals surface area contributed by atoms with E-state index in [1.807, 2.05) is 18.2 Å². The van der Waals surface area contributed by atoms with E-state index in [1.54, 1.807) is 17.0 Å². The Morgan fingerprint density at radius 1 is 1.15 bits per heavy atom. The molecule has 7 heteroatoms. The normalized spacial score (nSPS) is 19.2. The summed E-state index contributed by atoms with van der Waals surface area (Å²) >= 11 is 1.54. The second-order valence-corrected chi connectivity index (χ2v) is 7.62. The van der Waals surface area contributed by atoms with Crippen LogP contribution in [-0.4, -0.2) is 28.7 Å². The molecule has 5 nitrogen and oxygen atoms in total. The molecule has 1 atom stereocenters. The van der Waals surface area contributed by atoms with Crippen LogP contribution in [0.2, 0.25) is 0 Å². The summed E-state index contributed by atoms with van der Waals surface area (Å²) in [5.74, 6) is -0.590. The fourth-order valence-corrected chi connectivity index (χ4v) is 4.51. The summed E-state index contributed by atoms with van der Waals surface area (Å²) in [6.45, 7) is 0.340. The third kappa shape index (κ3) is 3.47. The molecule has 0 saturated carbocycles. The molecule has 2 aliphatic rings. The maximum atomic E-state index is 13.4. The number of nitrogens with zero attached hydrogens (tertiary/aromatic N) is 1. The summed E-state index contributed by atoms with van der Waals surface area (Å²) in [4.78, 5) is 38.8. The van der Waals surface area contributed by atoms with Gasteiger partial charge >= 0.3 is 0 Å². The zero-order valence-electron chi connectivity index (χ0n) is 14.4. The first-order chi connectivity index (χ1) is 13.0. The highest BCUT2D eigenvalue weighted by molar-refractivity contribution is 7.98. The Balaban J connectivity index is 1.54. The average molecular weight is 384 g/mol.